The van der Waals surface area contributed by atoms with E-state index < -0.39 is 0 Å². The molecule has 0 aromatic carbocycles. The van der Waals surface area contributed by atoms with Gasteiger partial charge < -0.3 is 9.67 Å². The average molecular weight is 302 g/mol. The number of pyridine rings is 1. The van der Waals surface area contributed by atoms with Crippen LogP contribution in [0.1, 0.15) is 6.42 Å². The molecule has 0 saturated heterocycles. The molecule has 4 heteroatoms. The molecule has 0 spiro atoms. The zero-order valence-corrected chi connectivity index (χ0v) is 9.81. The van der Waals surface area contributed by atoms with Crippen molar-refractivity contribution in [1.29, 1.82) is 0 Å². The Morgan fingerprint density at radius 3 is 3.14 bits per heavy atom. The van der Waals surface area contributed by atoms with Gasteiger partial charge in [-0.05, 0) is 35.1 Å². The second-order valence-electron chi connectivity index (χ2n) is 3.14. The summed E-state index contributed by atoms with van der Waals surface area (Å²) in [5, 5.41) is 10.0. The van der Waals surface area contributed by atoms with Gasteiger partial charge >= 0.3 is 0 Å². The summed E-state index contributed by atoms with van der Waals surface area (Å²) in [7, 11) is 0. The normalized spacial score (nSPS) is 11.0. The lowest BCUT2D eigenvalue weighted by Crippen LogP contribution is -1.98. The third-order valence-corrected chi connectivity index (χ3v) is 3.05. The molecule has 0 saturated carbocycles. The topological polar surface area (TPSA) is 38.0 Å². The lowest BCUT2D eigenvalue weighted by Gasteiger charge is -2.01. The second kappa shape index (κ2) is 4.27. The van der Waals surface area contributed by atoms with Crippen LogP contribution in [0.15, 0.2) is 24.7 Å². The van der Waals surface area contributed by atoms with E-state index in [-0.39, 0.29) is 6.61 Å². The molecular formula is C10H11IN2O. The van der Waals surface area contributed by atoms with Crippen LogP contribution >= 0.6 is 22.6 Å². The highest BCUT2D eigenvalue weighted by Gasteiger charge is 2.04. The van der Waals surface area contributed by atoms with E-state index in [1.165, 1.54) is 8.96 Å². The summed E-state index contributed by atoms with van der Waals surface area (Å²) in [6.45, 7) is 1.08. The van der Waals surface area contributed by atoms with Gasteiger partial charge in [-0.3, -0.25) is 4.98 Å². The van der Waals surface area contributed by atoms with Crippen LogP contribution in [-0.4, -0.2) is 21.3 Å². The molecule has 2 aromatic rings. The Morgan fingerprint density at radius 1 is 1.50 bits per heavy atom. The Kier molecular flexibility index (Phi) is 3.02. The van der Waals surface area contributed by atoms with Gasteiger partial charge in [0.05, 0.1) is 11.7 Å². The predicted octanol–water partition coefficient (Wildman–Crippen LogP) is 2.02. The van der Waals surface area contributed by atoms with Crippen LogP contribution in [0, 0.1) is 3.57 Å². The summed E-state index contributed by atoms with van der Waals surface area (Å²) >= 11 is 2.32. The number of aliphatic hydroxyl groups is 1. The summed E-state index contributed by atoms with van der Waals surface area (Å²) < 4.78 is 3.37. The van der Waals surface area contributed by atoms with Crippen molar-refractivity contribution < 1.29 is 5.11 Å². The number of nitrogens with zero attached hydrogens (tertiary/aromatic N) is 2. The van der Waals surface area contributed by atoms with E-state index in [1.54, 1.807) is 6.20 Å². The van der Waals surface area contributed by atoms with Gasteiger partial charge in [0, 0.05) is 34.5 Å². The standard InChI is InChI=1S/C10H11IN2O/c11-9-7-13(4-1-5-14)10-6-12-3-2-8(9)10/h2-3,6-7,14H,1,4-5H2. The Bertz CT molecular complexity index is 439. The molecule has 0 fully saturated rings. The van der Waals surface area contributed by atoms with E-state index in [2.05, 4.69) is 38.3 Å². The highest BCUT2D eigenvalue weighted by atomic mass is 127. The van der Waals surface area contributed by atoms with Crippen LogP contribution in [-0.2, 0) is 6.54 Å². The van der Waals surface area contributed by atoms with Gasteiger partial charge in [-0.1, -0.05) is 0 Å². The van der Waals surface area contributed by atoms with Crippen molar-refractivity contribution in [2.45, 2.75) is 13.0 Å². The zero-order valence-electron chi connectivity index (χ0n) is 7.65. The van der Waals surface area contributed by atoms with Crippen LogP contribution in [0.3, 0.4) is 0 Å². The summed E-state index contributed by atoms with van der Waals surface area (Å²) in [5.41, 5.74) is 1.14. The molecule has 0 aliphatic heterocycles. The number of hydrogen-bond acceptors (Lipinski definition) is 2. The highest BCUT2D eigenvalue weighted by molar-refractivity contribution is 14.1. The molecule has 2 rings (SSSR count). The summed E-state index contributed by atoms with van der Waals surface area (Å²) in [6, 6.07) is 2.02. The molecule has 3 nitrogen and oxygen atoms in total. The molecule has 0 aliphatic carbocycles. The van der Waals surface area contributed by atoms with Crippen molar-refractivity contribution in [3.05, 3.63) is 28.2 Å². The Labute approximate surface area is 95.9 Å². The Balaban J connectivity index is 2.44. The maximum atomic E-state index is 8.78. The van der Waals surface area contributed by atoms with Gasteiger partial charge in [-0.2, -0.15) is 0 Å². The van der Waals surface area contributed by atoms with Crippen molar-refractivity contribution in [2.24, 2.45) is 0 Å². The summed E-state index contributed by atoms with van der Waals surface area (Å²) in [4.78, 5) is 4.11. The summed E-state index contributed by atoms with van der Waals surface area (Å²) in [5.74, 6) is 0. The molecule has 2 aromatic heterocycles. The smallest absolute Gasteiger partial charge is 0.0677 e. The van der Waals surface area contributed by atoms with Crippen molar-refractivity contribution in [2.75, 3.05) is 6.61 Å². The maximum absolute atomic E-state index is 8.78. The molecule has 0 aliphatic rings. The molecule has 1 N–H and O–H groups in total. The van der Waals surface area contributed by atoms with E-state index in [0.29, 0.717) is 0 Å². The largest absolute Gasteiger partial charge is 0.396 e. The fraction of sp³-hybridized carbons (Fsp3) is 0.300. The Hall–Kier alpha value is -0.620. The van der Waals surface area contributed by atoms with Gasteiger partial charge in [-0.15, -0.1) is 0 Å². The van der Waals surface area contributed by atoms with E-state index in [4.69, 9.17) is 5.11 Å². The molecule has 0 unspecified atom stereocenters. The minimum atomic E-state index is 0.233. The molecule has 74 valence electrons. The third kappa shape index (κ3) is 1.76. The lowest BCUT2D eigenvalue weighted by atomic mass is 10.3. The van der Waals surface area contributed by atoms with E-state index in [1.807, 2.05) is 12.3 Å². The Morgan fingerprint density at radius 2 is 2.36 bits per heavy atom. The molecule has 14 heavy (non-hydrogen) atoms. The molecule has 2 heterocycles. The van der Waals surface area contributed by atoms with Gasteiger partial charge in [0.15, 0.2) is 0 Å². The number of aryl methyl sites for hydroxylation is 1. The number of fused-ring (bicyclic) bond motifs is 1. The van der Waals surface area contributed by atoms with Gasteiger partial charge in [0.2, 0.25) is 0 Å². The molecule has 0 radical (unpaired) electrons. The predicted molar refractivity (Wildman–Crippen MR) is 64.2 cm³/mol. The van der Waals surface area contributed by atoms with Crippen molar-refractivity contribution in [1.82, 2.24) is 9.55 Å². The second-order valence-corrected chi connectivity index (χ2v) is 4.30. The van der Waals surface area contributed by atoms with Crippen LogP contribution in [0.25, 0.3) is 10.9 Å². The maximum Gasteiger partial charge on any atom is 0.0677 e. The van der Waals surface area contributed by atoms with E-state index >= 15 is 0 Å². The van der Waals surface area contributed by atoms with Crippen LogP contribution in [0.2, 0.25) is 0 Å². The number of halogens is 1. The van der Waals surface area contributed by atoms with Gasteiger partial charge in [0.25, 0.3) is 0 Å². The first-order valence-electron chi connectivity index (χ1n) is 4.52. The van der Waals surface area contributed by atoms with Gasteiger partial charge in [-0.25, -0.2) is 0 Å². The molecule has 0 atom stereocenters. The van der Waals surface area contributed by atoms with Gasteiger partial charge in [0.1, 0.15) is 0 Å². The summed E-state index contributed by atoms with van der Waals surface area (Å²) in [6.07, 6.45) is 6.56. The number of hydrogen-bond donors (Lipinski definition) is 1. The number of rotatable bonds is 3. The number of aliphatic hydroxyl groups excluding tert-OH is 1. The highest BCUT2D eigenvalue weighted by Crippen LogP contribution is 2.21. The first-order chi connectivity index (χ1) is 6.83. The monoisotopic (exact) mass is 302 g/mol. The first-order valence-corrected chi connectivity index (χ1v) is 5.60. The quantitative estimate of drug-likeness (QED) is 0.881. The van der Waals surface area contributed by atoms with Crippen LogP contribution < -0.4 is 0 Å². The minimum absolute atomic E-state index is 0.233. The SMILES string of the molecule is OCCCn1cc(I)c2ccncc21. The fourth-order valence-corrected chi connectivity index (χ4v) is 2.31. The van der Waals surface area contributed by atoms with E-state index in [0.717, 1.165) is 18.5 Å². The number of aromatic nitrogens is 2. The molecular weight excluding hydrogens is 291 g/mol. The van der Waals surface area contributed by atoms with Crippen LogP contribution in [0.5, 0.6) is 0 Å². The lowest BCUT2D eigenvalue weighted by molar-refractivity contribution is 0.280. The van der Waals surface area contributed by atoms with Crippen molar-refractivity contribution in [3.63, 3.8) is 0 Å². The minimum Gasteiger partial charge on any atom is -0.396 e. The van der Waals surface area contributed by atoms with Crippen molar-refractivity contribution in [3.8, 4) is 0 Å². The fourth-order valence-electron chi connectivity index (χ4n) is 1.52. The zero-order chi connectivity index (χ0) is 9.97. The van der Waals surface area contributed by atoms with Crippen molar-refractivity contribution >= 4 is 33.5 Å². The molecule has 0 amide bonds. The third-order valence-electron chi connectivity index (χ3n) is 2.19. The first kappa shape index (κ1) is 9.92. The molecule has 0 bridgehead atoms. The van der Waals surface area contributed by atoms with Crippen LogP contribution in [0.4, 0.5) is 0 Å². The van der Waals surface area contributed by atoms with E-state index in [9.17, 15) is 0 Å². The average Bonchev–Trinajstić information content (AvgIpc) is 2.54.